The molecule has 58 heavy (non-hydrogen) atoms. The summed E-state index contributed by atoms with van der Waals surface area (Å²) < 4.78 is 4.62. The van der Waals surface area contributed by atoms with Gasteiger partial charge in [-0.3, -0.25) is 4.57 Å². The average Bonchev–Trinajstić information content (AvgIpc) is 3.82. The summed E-state index contributed by atoms with van der Waals surface area (Å²) in [6.45, 7) is 0. The van der Waals surface area contributed by atoms with Crippen LogP contribution >= 0.6 is 0 Å². The summed E-state index contributed by atoms with van der Waals surface area (Å²) in [6, 6.07) is 73.8. The molecule has 9 aromatic carbocycles. The summed E-state index contributed by atoms with van der Waals surface area (Å²) in [6.07, 6.45) is 0. The van der Waals surface area contributed by atoms with E-state index >= 15 is 0 Å². The first kappa shape index (κ1) is 32.4. The van der Waals surface area contributed by atoms with Gasteiger partial charge in [0.25, 0.3) is 0 Å². The molecule has 0 unspecified atom stereocenters. The van der Waals surface area contributed by atoms with Gasteiger partial charge in [-0.15, -0.1) is 0 Å². The first-order chi connectivity index (χ1) is 28.8. The molecule has 0 aliphatic carbocycles. The Morgan fingerprint density at radius 3 is 1.67 bits per heavy atom. The molecule has 3 aromatic heterocycles. The molecule has 0 N–H and O–H groups in total. The molecule has 0 radical (unpaired) electrons. The number of aromatic nitrogens is 4. The van der Waals surface area contributed by atoms with Gasteiger partial charge in [0, 0.05) is 38.2 Å². The molecule has 0 saturated heterocycles. The molecule has 270 valence electrons. The van der Waals surface area contributed by atoms with Crippen LogP contribution in [0.1, 0.15) is 0 Å². The fourth-order valence-electron chi connectivity index (χ4n) is 9.03. The molecule has 0 saturated carbocycles. The van der Waals surface area contributed by atoms with Crippen molar-refractivity contribution in [3.8, 4) is 45.1 Å². The van der Waals surface area contributed by atoms with Crippen molar-refractivity contribution in [2.75, 3.05) is 0 Å². The lowest BCUT2D eigenvalue weighted by molar-refractivity contribution is 1.01. The SMILES string of the molecule is c1ccc(-c2ccc(-c3nc(-n4c5ccccc5c5c6ccc(-c7ccc8c9ccccc9n(-c9ccccc9)c8c7)cc6ccc54)nc4ccccc34)cc2)cc1. The zero-order valence-corrected chi connectivity index (χ0v) is 31.4. The van der Waals surface area contributed by atoms with E-state index in [0.29, 0.717) is 5.95 Å². The quantitative estimate of drug-likeness (QED) is 0.176. The molecule has 0 aliphatic heterocycles. The summed E-state index contributed by atoms with van der Waals surface area (Å²) >= 11 is 0. The topological polar surface area (TPSA) is 35.6 Å². The van der Waals surface area contributed by atoms with E-state index in [4.69, 9.17) is 9.97 Å². The molecule has 12 rings (SSSR count). The third-order valence-electron chi connectivity index (χ3n) is 11.7. The maximum absolute atomic E-state index is 5.37. The highest BCUT2D eigenvalue weighted by Gasteiger charge is 2.20. The fraction of sp³-hybridized carbons (Fsp3) is 0. The number of hydrogen-bond donors (Lipinski definition) is 0. The van der Waals surface area contributed by atoms with Crippen molar-refractivity contribution in [3.63, 3.8) is 0 Å². The standard InChI is InChI=1S/C54H34N4/c1-3-13-35(14-4-1)36-23-25-37(26-24-36)53-45-18-7-10-20-47(45)55-54(56-53)58-49-22-12-9-19-46(49)52-42-30-27-38(33-40(42)29-32-50(52)58)39-28-31-44-43-17-8-11-21-48(43)57(51(44)34-39)41-15-5-2-6-16-41/h1-34H. The van der Waals surface area contributed by atoms with Gasteiger partial charge in [0.05, 0.1) is 33.3 Å². The molecule has 0 atom stereocenters. The zero-order valence-electron chi connectivity index (χ0n) is 31.4. The van der Waals surface area contributed by atoms with Gasteiger partial charge in [-0.2, -0.15) is 0 Å². The van der Waals surface area contributed by atoms with Crippen molar-refractivity contribution in [1.82, 2.24) is 19.1 Å². The Balaban J connectivity index is 1.02. The molecular weight excluding hydrogens is 705 g/mol. The predicted molar refractivity (Wildman–Crippen MR) is 242 cm³/mol. The number of rotatable bonds is 5. The Kier molecular flexibility index (Phi) is 7.20. The summed E-state index contributed by atoms with van der Waals surface area (Å²) in [7, 11) is 0. The average molecular weight is 739 g/mol. The van der Waals surface area contributed by atoms with Crippen LogP contribution in [0.5, 0.6) is 0 Å². The number of hydrogen-bond acceptors (Lipinski definition) is 2. The second-order valence-electron chi connectivity index (χ2n) is 15.0. The number of nitrogens with zero attached hydrogens (tertiary/aromatic N) is 4. The number of benzene rings is 9. The molecule has 4 heteroatoms. The predicted octanol–water partition coefficient (Wildman–Crippen LogP) is 14.0. The van der Waals surface area contributed by atoms with Crippen LogP contribution in [0.25, 0.3) is 110 Å². The highest BCUT2D eigenvalue weighted by Crippen LogP contribution is 2.40. The van der Waals surface area contributed by atoms with Crippen LogP contribution in [-0.4, -0.2) is 19.1 Å². The lowest BCUT2D eigenvalue weighted by Crippen LogP contribution is -2.03. The second-order valence-corrected chi connectivity index (χ2v) is 15.0. The van der Waals surface area contributed by atoms with Crippen LogP contribution in [-0.2, 0) is 0 Å². The maximum Gasteiger partial charge on any atom is 0.235 e. The van der Waals surface area contributed by atoms with E-state index in [-0.39, 0.29) is 0 Å². The Morgan fingerprint density at radius 2 is 0.879 bits per heavy atom. The molecule has 0 aliphatic rings. The van der Waals surface area contributed by atoms with E-state index in [1.54, 1.807) is 0 Å². The molecule has 3 heterocycles. The minimum atomic E-state index is 0.658. The third kappa shape index (κ3) is 5.02. The molecule has 0 bridgehead atoms. The smallest absolute Gasteiger partial charge is 0.235 e. The van der Waals surface area contributed by atoms with Crippen molar-refractivity contribution < 1.29 is 0 Å². The summed E-state index contributed by atoms with van der Waals surface area (Å²) in [5.74, 6) is 0.658. The number of para-hydroxylation sites is 4. The molecule has 12 aromatic rings. The van der Waals surface area contributed by atoms with E-state index in [2.05, 4.69) is 215 Å². The Labute approximate surface area is 334 Å². The third-order valence-corrected chi connectivity index (χ3v) is 11.7. The molecule has 4 nitrogen and oxygen atoms in total. The van der Waals surface area contributed by atoms with Gasteiger partial charge in [0.15, 0.2) is 0 Å². The van der Waals surface area contributed by atoms with E-state index in [1.165, 1.54) is 65.6 Å². The molecule has 0 spiro atoms. The Hall–Kier alpha value is -7.82. The van der Waals surface area contributed by atoms with E-state index < -0.39 is 0 Å². The van der Waals surface area contributed by atoms with Gasteiger partial charge in [-0.05, 0) is 81.6 Å². The number of fused-ring (bicyclic) bond motifs is 9. The highest BCUT2D eigenvalue weighted by atomic mass is 15.2. The minimum Gasteiger partial charge on any atom is -0.309 e. The monoisotopic (exact) mass is 738 g/mol. The van der Waals surface area contributed by atoms with Gasteiger partial charge in [-0.1, -0.05) is 158 Å². The molecule has 0 fully saturated rings. The summed E-state index contributed by atoms with van der Waals surface area (Å²) in [5, 5.41) is 8.30. The van der Waals surface area contributed by atoms with E-state index in [9.17, 15) is 0 Å². The van der Waals surface area contributed by atoms with Crippen molar-refractivity contribution in [3.05, 3.63) is 206 Å². The van der Waals surface area contributed by atoms with Crippen LogP contribution < -0.4 is 0 Å². The van der Waals surface area contributed by atoms with E-state index in [1.807, 2.05) is 0 Å². The summed E-state index contributed by atoms with van der Waals surface area (Å²) in [4.78, 5) is 10.6. The first-order valence-electron chi connectivity index (χ1n) is 19.7. The lowest BCUT2D eigenvalue weighted by Gasteiger charge is -2.12. The zero-order chi connectivity index (χ0) is 38.2. The molecular formula is C54H34N4. The van der Waals surface area contributed by atoms with Crippen LogP contribution in [0.3, 0.4) is 0 Å². The van der Waals surface area contributed by atoms with Gasteiger partial charge in [0.1, 0.15) is 0 Å². The van der Waals surface area contributed by atoms with Crippen LogP contribution in [0, 0.1) is 0 Å². The second kappa shape index (κ2) is 12.9. The van der Waals surface area contributed by atoms with Gasteiger partial charge >= 0.3 is 0 Å². The van der Waals surface area contributed by atoms with Crippen LogP contribution in [0.2, 0.25) is 0 Å². The van der Waals surface area contributed by atoms with Crippen LogP contribution in [0.15, 0.2) is 206 Å². The fourth-order valence-corrected chi connectivity index (χ4v) is 9.03. The van der Waals surface area contributed by atoms with Gasteiger partial charge in [0.2, 0.25) is 5.95 Å². The minimum absolute atomic E-state index is 0.658. The Morgan fingerprint density at radius 1 is 0.310 bits per heavy atom. The van der Waals surface area contributed by atoms with Crippen molar-refractivity contribution in [2.24, 2.45) is 0 Å². The largest absolute Gasteiger partial charge is 0.309 e. The highest BCUT2D eigenvalue weighted by molar-refractivity contribution is 6.21. The van der Waals surface area contributed by atoms with E-state index in [0.717, 1.165) is 38.9 Å². The van der Waals surface area contributed by atoms with Crippen molar-refractivity contribution in [1.29, 1.82) is 0 Å². The summed E-state index contributed by atoms with van der Waals surface area (Å²) in [5.41, 5.74) is 13.4. The maximum atomic E-state index is 5.37. The van der Waals surface area contributed by atoms with Crippen LogP contribution in [0.4, 0.5) is 0 Å². The van der Waals surface area contributed by atoms with Crippen molar-refractivity contribution in [2.45, 2.75) is 0 Å². The normalized spacial score (nSPS) is 11.8. The van der Waals surface area contributed by atoms with Gasteiger partial charge < -0.3 is 4.57 Å². The van der Waals surface area contributed by atoms with Gasteiger partial charge in [-0.25, -0.2) is 9.97 Å². The lowest BCUT2D eigenvalue weighted by atomic mass is 9.97. The van der Waals surface area contributed by atoms with Crippen molar-refractivity contribution >= 4 is 65.3 Å². The molecule has 0 amide bonds. The first-order valence-corrected chi connectivity index (χ1v) is 19.7. The Bertz CT molecular complexity index is 3540.